The number of amides is 1. The van der Waals surface area contributed by atoms with E-state index in [1.165, 1.54) is 12.1 Å². The lowest BCUT2D eigenvalue weighted by Crippen LogP contribution is -2.40. The van der Waals surface area contributed by atoms with Crippen molar-refractivity contribution in [2.24, 2.45) is 5.73 Å². The van der Waals surface area contributed by atoms with E-state index in [4.69, 9.17) is 10.5 Å². The van der Waals surface area contributed by atoms with Crippen molar-refractivity contribution in [2.45, 2.75) is 25.4 Å². The maximum Gasteiger partial charge on any atom is 0.237 e. The van der Waals surface area contributed by atoms with Gasteiger partial charge in [0.05, 0.1) is 6.04 Å². The van der Waals surface area contributed by atoms with Crippen LogP contribution in [-0.2, 0) is 16.1 Å². The van der Waals surface area contributed by atoms with E-state index in [0.29, 0.717) is 18.6 Å². The zero-order valence-corrected chi connectivity index (χ0v) is 10.5. The zero-order chi connectivity index (χ0) is 13.4. The highest BCUT2D eigenvalue weighted by Gasteiger charge is 2.12. The monoisotopic (exact) mass is 254 g/mol. The van der Waals surface area contributed by atoms with Crippen LogP contribution in [0.3, 0.4) is 0 Å². The summed E-state index contributed by atoms with van der Waals surface area (Å²) >= 11 is 0. The second-order valence-electron chi connectivity index (χ2n) is 4.09. The van der Waals surface area contributed by atoms with Crippen LogP contribution in [0, 0.1) is 5.82 Å². The Labute approximate surface area is 106 Å². The van der Waals surface area contributed by atoms with Crippen LogP contribution in [0.4, 0.5) is 4.39 Å². The first kappa shape index (κ1) is 14.6. The first-order valence-electron chi connectivity index (χ1n) is 5.90. The second kappa shape index (κ2) is 7.79. The molecule has 1 unspecified atom stereocenters. The average Bonchev–Trinajstić information content (AvgIpc) is 2.36. The van der Waals surface area contributed by atoms with E-state index in [1.54, 1.807) is 19.2 Å². The third-order valence-corrected chi connectivity index (χ3v) is 2.56. The van der Waals surface area contributed by atoms with Gasteiger partial charge in [-0.25, -0.2) is 4.39 Å². The summed E-state index contributed by atoms with van der Waals surface area (Å²) in [7, 11) is 1.61. The number of ether oxygens (including phenoxy) is 1. The number of rotatable bonds is 7. The lowest BCUT2D eigenvalue weighted by molar-refractivity contribution is -0.122. The number of carbonyl (C=O) groups excluding carboxylic acids is 1. The van der Waals surface area contributed by atoms with Gasteiger partial charge in [0.1, 0.15) is 5.82 Å². The van der Waals surface area contributed by atoms with Crippen LogP contribution in [0.2, 0.25) is 0 Å². The maximum absolute atomic E-state index is 12.9. The minimum absolute atomic E-state index is 0.227. The van der Waals surface area contributed by atoms with Crippen molar-refractivity contribution >= 4 is 5.91 Å². The standard InChI is InChI=1S/C13H19FN2O2/c1-18-7-3-6-12(15)13(17)16-9-10-4-2-5-11(14)8-10/h2,4-5,8,12H,3,6-7,9,15H2,1H3,(H,16,17). The van der Waals surface area contributed by atoms with E-state index < -0.39 is 6.04 Å². The van der Waals surface area contributed by atoms with Crippen LogP contribution in [0.15, 0.2) is 24.3 Å². The molecule has 3 N–H and O–H groups in total. The minimum Gasteiger partial charge on any atom is -0.385 e. The fraction of sp³-hybridized carbons (Fsp3) is 0.462. The molecule has 0 bridgehead atoms. The van der Waals surface area contributed by atoms with E-state index in [9.17, 15) is 9.18 Å². The number of hydrogen-bond acceptors (Lipinski definition) is 3. The third-order valence-electron chi connectivity index (χ3n) is 2.56. The number of nitrogens with one attached hydrogen (secondary N) is 1. The largest absolute Gasteiger partial charge is 0.385 e. The van der Waals surface area contributed by atoms with Crippen molar-refractivity contribution in [1.82, 2.24) is 5.32 Å². The molecule has 0 aliphatic carbocycles. The predicted octanol–water partition coefficient (Wildman–Crippen LogP) is 1.20. The average molecular weight is 254 g/mol. The molecule has 1 amide bonds. The molecule has 0 spiro atoms. The third kappa shape index (κ3) is 5.25. The summed E-state index contributed by atoms with van der Waals surface area (Å²) in [6.45, 7) is 0.874. The van der Waals surface area contributed by atoms with Gasteiger partial charge in [-0.2, -0.15) is 0 Å². The van der Waals surface area contributed by atoms with Gasteiger partial charge in [0.2, 0.25) is 5.91 Å². The number of hydrogen-bond donors (Lipinski definition) is 2. The molecule has 0 aliphatic heterocycles. The Hall–Kier alpha value is -1.46. The van der Waals surface area contributed by atoms with E-state index in [2.05, 4.69) is 5.32 Å². The molecule has 0 saturated carbocycles. The lowest BCUT2D eigenvalue weighted by atomic mass is 10.1. The minimum atomic E-state index is -0.547. The Bertz CT molecular complexity index is 385. The zero-order valence-electron chi connectivity index (χ0n) is 10.5. The number of halogens is 1. The first-order chi connectivity index (χ1) is 8.63. The topological polar surface area (TPSA) is 64.3 Å². The summed E-state index contributed by atoms with van der Waals surface area (Å²) in [5, 5.41) is 2.68. The van der Waals surface area contributed by atoms with Crippen molar-refractivity contribution in [2.75, 3.05) is 13.7 Å². The molecule has 4 nitrogen and oxygen atoms in total. The van der Waals surface area contributed by atoms with Crippen LogP contribution >= 0.6 is 0 Å². The van der Waals surface area contributed by atoms with E-state index in [0.717, 1.165) is 6.42 Å². The molecular weight excluding hydrogens is 235 g/mol. The highest BCUT2D eigenvalue weighted by Crippen LogP contribution is 2.03. The van der Waals surface area contributed by atoms with E-state index >= 15 is 0 Å². The van der Waals surface area contributed by atoms with E-state index in [-0.39, 0.29) is 18.3 Å². The summed E-state index contributed by atoms with van der Waals surface area (Å²) in [6, 6.07) is 5.56. The van der Waals surface area contributed by atoms with Crippen LogP contribution in [-0.4, -0.2) is 25.7 Å². The van der Waals surface area contributed by atoms with Crippen LogP contribution in [0.25, 0.3) is 0 Å². The number of carbonyl (C=O) groups is 1. The normalized spacial score (nSPS) is 12.2. The molecule has 0 aromatic heterocycles. The molecule has 0 radical (unpaired) electrons. The fourth-order valence-electron chi connectivity index (χ4n) is 1.55. The van der Waals surface area contributed by atoms with Gasteiger partial charge < -0.3 is 15.8 Å². The SMILES string of the molecule is COCCCC(N)C(=O)NCc1cccc(F)c1. The summed E-state index contributed by atoms with van der Waals surface area (Å²) in [5.74, 6) is -0.540. The first-order valence-corrected chi connectivity index (χ1v) is 5.90. The van der Waals surface area contributed by atoms with Gasteiger partial charge in [0, 0.05) is 20.3 Å². The molecule has 0 fully saturated rings. The molecule has 1 rings (SSSR count). The smallest absolute Gasteiger partial charge is 0.237 e. The predicted molar refractivity (Wildman–Crippen MR) is 67.3 cm³/mol. The van der Waals surface area contributed by atoms with Crippen LogP contribution in [0.5, 0.6) is 0 Å². The van der Waals surface area contributed by atoms with Gasteiger partial charge in [-0.3, -0.25) is 4.79 Å². The molecule has 1 atom stereocenters. The van der Waals surface area contributed by atoms with Gasteiger partial charge in [-0.15, -0.1) is 0 Å². The summed E-state index contributed by atoms with van der Waals surface area (Å²) < 4.78 is 17.8. The van der Waals surface area contributed by atoms with Crippen molar-refractivity contribution < 1.29 is 13.9 Å². The Kier molecular flexibility index (Phi) is 6.32. The summed E-state index contributed by atoms with van der Waals surface area (Å²) in [4.78, 5) is 11.6. The van der Waals surface area contributed by atoms with Crippen LogP contribution in [0.1, 0.15) is 18.4 Å². The molecular formula is C13H19FN2O2. The lowest BCUT2D eigenvalue weighted by Gasteiger charge is -2.12. The molecule has 1 aromatic rings. The maximum atomic E-state index is 12.9. The number of methoxy groups -OCH3 is 1. The Morgan fingerprint density at radius 1 is 1.56 bits per heavy atom. The molecule has 0 saturated heterocycles. The van der Waals surface area contributed by atoms with Gasteiger partial charge in [0.25, 0.3) is 0 Å². The van der Waals surface area contributed by atoms with Gasteiger partial charge in [-0.1, -0.05) is 12.1 Å². The molecule has 0 heterocycles. The summed E-state index contributed by atoms with van der Waals surface area (Å²) in [6.07, 6.45) is 1.31. The molecule has 100 valence electrons. The molecule has 1 aromatic carbocycles. The van der Waals surface area contributed by atoms with Gasteiger partial charge in [0.15, 0.2) is 0 Å². The quantitative estimate of drug-likeness (QED) is 0.718. The Morgan fingerprint density at radius 3 is 3.00 bits per heavy atom. The Morgan fingerprint density at radius 2 is 2.33 bits per heavy atom. The van der Waals surface area contributed by atoms with Crippen LogP contribution < -0.4 is 11.1 Å². The van der Waals surface area contributed by atoms with Crippen molar-refractivity contribution in [3.8, 4) is 0 Å². The molecule has 0 aliphatic rings. The van der Waals surface area contributed by atoms with Crippen molar-refractivity contribution in [3.05, 3.63) is 35.6 Å². The number of nitrogens with two attached hydrogens (primary N) is 1. The number of benzene rings is 1. The van der Waals surface area contributed by atoms with Gasteiger partial charge in [-0.05, 0) is 30.5 Å². The van der Waals surface area contributed by atoms with E-state index in [1.807, 2.05) is 0 Å². The highest BCUT2D eigenvalue weighted by molar-refractivity contribution is 5.81. The molecule has 5 heteroatoms. The molecule has 18 heavy (non-hydrogen) atoms. The highest BCUT2D eigenvalue weighted by atomic mass is 19.1. The van der Waals surface area contributed by atoms with Crippen molar-refractivity contribution in [1.29, 1.82) is 0 Å². The van der Waals surface area contributed by atoms with Gasteiger partial charge >= 0.3 is 0 Å². The second-order valence-corrected chi connectivity index (χ2v) is 4.09. The van der Waals surface area contributed by atoms with Crippen molar-refractivity contribution in [3.63, 3.8) is 0 Å². The summed E-state index contributed by atoms with van der Waals surface area (Å²) in [5.41, 5.74) is 6.43. The fourth-order valence-corrected chi connectivity index (χ4v) is 1.55. The Balaban J connectivity index is 2.32.